The third-order valence-corrected chi connectivity index (χ3v) is 13.7. The van der Waals surface area contributed by atoms with Gasteiger partial charge in [-0.15, -0.1) is 0 Å². The smallest absolute Gasteiger partial charge is 0.340 e. The number of hydrogen-bond donors (Lipinski definition) is 0. The van der Waals surface area contributed by atoms with Gasteiger partial charge in [0, 0.05) is 19.3 Å². The monoisotopic (exact) mass is 783 g/mol. The van der Waals surface area contributed by atoms with E-state index in [1.54, 1.807) is 0 Å². The molecule has 3 aliphatic heterocycles. The van der Waals surface area contributed by atoms with Gasteiger partial charge in [-0.2, -0.15) is 0 Å². The average Bonchev–Trinajstić information content (AvgIpc) is 3.51. The van der Waals surface area contributed by atoms with Gasteiger partial charge in [0.25, 0.3) is 0 Å². The van der Waals surface area contributed by atoms with Crippen molar-refractivity contribution in [2.24, 2.45) is 0 Å². The minimum atomic E-state index is -1.03. The molecule has 1 spiro atoms. The second-order valence-corrected chi connectivity index (χ2v) is 17.8. The molecule has 0 radical (unpaired) electrons. The summed E-state index contributed by atoms with van der Waals surface area (Å²) >= 11 is 0. The topological polar surface area (TPSA) is 24.5 Å². The summed E-state index contributed by atoms with van der Waals surface area (Å²) in [5.41, 5.74) is 12.7. The number of rotatable bonds is 16. The third kappa shape index (κ3) is 7.81. The van der Waals surface area contributed by atoms with Crippen LogP contribution in [0.1, 0.15) is 139 Å². The highest BCUT2D eigenvalue weighted by Crippen LogP contribution is 2.47. The lowest BCUT2D eigenvalue weighted by molar-refractivity contribution is -0.928. The molecule has 3 atom stereocenters. The Labute approximate surface area is 351 Å². The fourth-order valence-corrected chi connectivity index (χ4v) is 10.6. The molecule has 1 saturated heterocycles. The van der Waals surface area contributed by atoms with Crippen LogP contribution in [-0.2, 0) is 12.8 Å². The number of unbranched alkanes of at least 4 members (excludes halogenated alkanes) is 3. The predicted octanol–water partition coefficient (Wildman–Crippen LogP) is 12.3. The molecular weight excluding hydrogens is 711 g/mol. The largest absolute Gasteiger partial charge is 0.704 e. The molecule has 5 nitrogen and oxygen atoms in total. The van der Waals surface area contributed by atoms with Crippen LogP contribution in [-0.4, -0.2) is 70.4 Å². The Kier molecular flexibility index (Phi) is 13.0. The third-order valence-electron chi connectivity index (χ3n) is 13.7. The first-order chi connectivity index (χ1) is 27.8. The minimum absolute atomic E-state index is 0. The summed E-state index contributed by atoms with van der Waals surface area (Å²) in [6.07, 6.45) is 20.6. The van der Waals surface area contributed by atoms with Crippen LogP contribution in [0.25, 0.3) is 22.3 Å². The van der Waals surface area contributed by atoms with Crippen LogP contribution >= 0.6 is 0 Å². The van der Waals surface area contributed by atoms with Gasteiger partial charge in [0.05, 0.1) is 37.3 Å². The number of hydrogen-bond acceptors (Lipinski definition) is 2. The molecule has 1 saturated carbocycles. The summed E-state index contributed by atoms with van der Waals surface area (Å²) in [4.78, 5) is 0. The Bertz CT molecular complexity index is 2130. The molecule has 4 aliphatic rings. The molecule has 0 N–H and O–H groups in total. The number of benzene rings is 4. The van der Waals surface area contributed by atoms with Gasteiger partial charge in [0.15, 0.2) is 23.9 Å². The highest BCUT2D eigenvalue weighted by Gasteiger charge is 2.76. The molecule has 4 aromatic carbocycles. The van der Waals surface area contributed by atoms with Crippen LogP contribution in [0.2, 0.25) is 0 Å². The summed E-state index contributed by atoms with van der Waals surface area (Å²) in [7, 11) is 0. The van der Waals surface area contributed by atoms with Crippen molar-refractivity contribution < 1.29 is 23.1 Å². The molecule has 4 aromatic rings. The van der Waals surface area contributed by atoms with Crippen molar-refractivity contribution in [3.8, 4) is 33.8 Å². The lowest BCUT2D eigenvalue weighted by Crippen LogP contribution is -2.60. The first-order valence-corrected chi connectivity index (χ1v) is 22.8. The maximum absolute atomic E-state index is 7.34. The first kappa shape index (κ1) is 41.9. The highest BCUT2D eigenvalue weighted by atomic mass is 16.7. The summed E-state index contributed by atoms with van der Waals surface area (Å²) in [6, 6.07) is 27.1. The van der Waals surface area contributed by atoms with Gasteiger partial charge >= 0.3 is 6.03 Å². The van der Waals surface area contributed by atoms with E-state index in [4.69, 9.17) is 9.47 Å². The quantitative estimate of drug-likeness (QED) is 0.0835. The van der Waals surface area contributed by atoms with E-state index in [9.17, 15) is 0 Å². The summed E-state index contributed by atoms with van der Waals surface area (Å²) in [6.45, 7) is 18.9. The van der Waals surface area contributed by atoms with E-state index < -0.39 is 6.03 Å². The summed E-state index contributed by atoms with van der Waals surface area (Å²) in [5, 5.41) is 0. The van der Waals surface area contributed by atoms with Gasteiger partial charge < -0.3 is 14.0 Å². The molecular formula is C53H72N3O2+3. The zero-order chi connectivity index (χ0) is 39.6. The van der Waals surface area contributed by atoms with Crippen molar-refractivity contribution in [3.05, 3.63) is 106 Å². The van der Waals surface area contributed by atoms with Gasteiger partial charge in [-0.1, -0.05) is 118 Å². The molecule has 1 aliphatic carbocycles. The molecule has 2 fully saturated rings. The van der Waals surface area contributed by atoms with Gasteiger partial charge in [-0.3, -0.25) is 0 Å². The van der Waals surface area contributed by atoms with Crippen molar-refractivity contribution in [1.82, 2.24) is 0 Å². The second kappa shape index (κ2) is 18.0. The zero-order valence-corrected chi connectivity index (χ0v) is 35.9. The zero-order valence-electron chi connectivity index (χ0n) is 35.9. The molecule has 3 heterocycles. The van der Waals surface area contributed by atoms with Gasteiger partial charge in [0.1, 0.15) is 0 Å². The molecule has 8 rings (SSSR count). The molecule has 0 amide bonds. The maximum Gasteiger partial charge on any atom is 0.704 e. The van der Waals surface area contributed by atoms with Crippen LogP contribution in [0.5, 0.6) is 11.5 Å². The highest BCUT2D eigenvalue weighted by molar-refractivity contribution is 5.88. The number of ether oxygens (including phenoxy) is 2. The van der Waals surface area contributed by atoms with Gasteiger partial charge in [-0.05, 0) is 121 Å². The normalized spacial score (nSPS) is 20.2. The second-order valence-electron chi connectivity index (χ2n) is 17.8. The van der Waals surface area contributed by atoms with E-state index in [-0.39, 0.29) is 7.43 Å². The fourth-order valence-electron chi connectivity index (χ4n) is 10.6. The van der Waals surface area contributed by atoms with Gasteiger partial charge in [0.2, 0.25) is 12.1 Å². The van der Waals surface area contributed by atoms with E-state index in [2.05, 4.69) is 136 Å². The maximum atomic E-state index is 7.34. The molecule has 0 aromatic heterocycles. The molecule has 308 valence electrons. The van der Waals surface area contributed by atoms with Crippen molar-refractivity contribution in [3.63, 3.8) is 0 Å². The van der Waals surface area contributed by atoms with Crippen LogP contribution in [0.15, 0.2) is 72.8 Å². The Morgan fingerprint density at radius 1 is 0.586 bits per heavy atom. The Morgan fingerprint density at radius 3 is 1.48 bits per heavy atom. The molecule has 0 bridgehead atoms. The van der Waals surface area contributed by atoms with E-state index in [1.807, 2.05) is 0 Å². The van der Waals surface area contributed by atoms with Crippen LogP contribution in [0.4, 0.5) is 0 Å². The number of quaternary nitrogens is 1. The SMILES string of the molecule is C.CCCC[N+](CCCC)(CCCC)CCc1ccccc1-c1cc(C)c2c(c1)C=[N+]1C3CCCCC3[N+]3=Cc4cc(-c5ccccc5CCC)cc(C)c4OC31O2. The molecule has 5 heteroatoms. The van der Waals surface area contributed by atoms with Crippen LogP contribution in [0, 0.1) is 13.8 Å². The molecule has 3 unspecified atom stereocenters. The lowest BCUT2D eigenvalue weighted by atomic mass is 9.90. The van der Waals surface area contributed by atoms with E-state index in [0.29, 0.717) is 12.1 Å². The molecule has 58 heavy (non-hydrogen) atoms. The van der Waals surface area contributed by atoms with E-state index in [1.165, 1.54) is 115 Å². The van der Waals surface area contributed by atoms with Gasteiger partial charge in [-0.25, -0.2) is 0 Å². The number of fused-ring (bicyclic) bond motifs is 5. The first-order valence-electron chi connectivity index (χ1n) is 22.8. The predicted molar refractivity (Wildman–Crippen MR) is 243 cm³/mol. The summed E-state index contributed by atoms with van der Waals surface area (Å²) in [5.74, 6) is 1.86. The Hall–Kier alpha value is -4.22. The van der Waals surface area contributed by atoms with Crippen LogP contribution < -0.4 is 9.47 Å². The van der Waals surface area contributed by atoms with Crippen molar-refractivity contribution in [2.75, 3.05) is 26.2 Å². The minimum Gasteiger partial charge on any atom is -0.340 e. The number of aryl methyl sites for hydroxylation is 3. The Balaban J connectivity index is 0.00000512. The van der Waals surface area contributed by atoms with Crippen LogP contribution in [0.3, 0.4) is 0 Å². The summed E-state index contributed by atoms with van der Waals surface area (Å²) < 4.78 is 20.8. The lowest BCUT2D eigenvalue weighted by Gasteiger charge is -2.39. The van der Waals surface area contributed by atoms with Crippen molar-refractivity contribution in [1.29, 1.82) is 0 Å². The Morgan fingerprint density at radius 2 is 1.03 bits per heavy atom. The number of nitrogens with zero attached hydrogens (tertiary/aromatic N) is 3. The van der Waals surface area contributed by atoms with Crippen molar-refractivity contribution in [2.45, 2.75) is 151 Å². The van der Waals surface area contributed by atoms with E-state index in [0.717, 1.165) is 65.9 Å². The van der Waals surface area contributed by atoms with Crippen molar-refractivity contribution >= 4 is 12.4 Å². The fraction of sp³-hybridized carbons (Fsp3) is 0.509. The van der Waals surface area contributed by atoms with E-state index >= 15 is 0 Å². The average molecular weight is 783 g/mol. The standard InChI is InChI=1S/C52H68N3O2.CH4/c1-7-11-28-55(29-12-8-2,30-13-9-3)31-27-41-22-15-17-24-47(41)43-33-39(6)51-45(35-43)37-54-49-26-19-18-25-48(49)53-36-44-34-42(46-23-16-14-21-40(46)20-10-4)32-38(5)50(44)56-52(53,54)57-51;/h14-17,21-24,32-37,48-49H,7-13,18-20,25-31H2,1-6H3;1H4/q+3;.